The number of ether oxygens (including phenoxy) is 1. The molecule has 1 N–H and O–H groups in total. The lowest BCUT2D eigenvalue weighted by atomic mass is 9.83. The van der Waals surface area contributed by atoms with Gasteiger partial charge in [-0.25, -0.2) is 4.68 Å². The Balaban J connectivity index is 1.21. The largest absolute Gasteiger partial charge is 0.472 e. The molecule has 3 fully saturated rings. The van der Waals surface area contributed by atoms with E-state index in [4.69, 9.17) is 9.72 Å². The van der Waals surface area contributed by atoms with Gasteiger partial charge < -0.3 is 15.0 Å². The van der Waals surface area contributed by atoms with Crippen molar-refractivity contribution < 1.29 is 4.74 Å². The topological polar surface area (TPSA) is 55.2 Å². The highest BCUT2D eigenvalue weighted by atomic mass is 16.5. The molecule has 1 aliphatic carbocycles. The average Bonchev–Trinajstić information content (AvgIpc) is 3.49. The number of benzene rings is 1. The zero-order valence-electron chi connectivity index (χ0n) is 18.3. The minimum absolute atomic E-state index is 0.550. The van der Waals surface area contributed by atoms with Gasteiger partial charge in [0, 0.05) is 42.1 Å². The minimum atomic E-state index is 0.550. The minimum Gasteiger partial charge on any atom is -0.472 e. The number of hydrogen-bond acceptors (Lipinski definition) is 5. The molecule has 2 aromatic heterocycles. The molecule has 3 aliphatic heterocycles. The van der Waals surface area contributed by atoms with E-state index in [1.54, 1.807) is 6.20 Å². The molecule has 5 heterocycles. The Labute approximate surface area is 188 Å². The van der Waals surface area contributed by atoms with Crippen LogP contribution in [0.5, 0.6) is 5.88 Å². The molecule has 0 radical (unpaired) electrons. The maximum Gasteiger partial charge on any atom is 0.223 e. The quantitative estimate of drug-likeness (QED) is 0.666. The van der Waals surface area contributed by atoms with E-state index in [9.17, 15) is 0 Å². The first kappa shape index (κ1) is 18.7. The van der Waals surface area contributed by atoms with Crippen LogP contribution < -0.4 is 15.0 Å². The van der Waals surface area contributed by atoms with Crippen LogP contribution in [0.25, 0.3) is 16.8 Å². The van der Waals surface area contributed by atoms with Gasteiger partial charge in [0.25, 0.3) is 0 Å². The van der Waals surface area contributed by atoms with Crippen molar-refractivity contribution in [1.82, 2.24) is 20.1 Å². The van der Waals surface area contributed by atoms with Crippen molar-refractivity contribution in [1.29, 1.82) is 0 Å². The molecule has 6 nitrogen and oxygen atoms in total. The Bertz CT molecular complexity index is 1130. The second-order valence-corrected chi connectivity index (χ2v) is 9.86. The number of nitrogens with one attached hydrogen (secondary N) is 1. The van der Waals surface area contributed by atoms with Gasteiger partial charge in [0.15, 0.2) is 0 Å². The summed E-state index contributed by atoms with van der Waals surface area (Å²) in [7, 11) is 0. The second-order valence-electron chi connectivity index (χ2n) is 9.86. The van der Waals surface area contributed by atoms with Gasteiger partial charge in [-0.2, -0.15) is 10.1 Å². The molecule has 164 valence electrons. The van der Waals surface area contributed by atoms with Crippen molar-refractivity contribution in [3.05, 3.63) is 54.4 Å². The standard InChI is InChI=1S/C26H29N5O/c1-3-18-14-22(15-19(4-1)28-18)31(20-5-6-20)25-10-9-24-23-8-7-21(30-12-2-11-27-30)13-17(23)16-32-26(24)29-25/h2,7-13,18-20,22,28H,1,3-6,14-16H2. The van der Waals surface area contributed by atoms with Crippen LogP contribution in [0.15, 0.2) is 48.8 Å². The highest BCUT2D eigenvalue weighted by molar-refractivity contribution is 5.75. The van der Waals surface area contributed by atoms with Crippen molar-refractivity contribution in [2.45, 2.75) is 75.7 Å². The van der Waals surface area contributed by atoms with E-state index in [0.717, 1.165) is 22.9 Å². The van der Waals surface area contributed by atoms with Gasteiger partial charge in [-0.3, -0.25) is 0 Å². The number of hydrogen-bond donors (Lipinski definition) is 1. The van der Waals surface area contributed by atoms with Crippen LogP contribution >= 0.6 is 0 Å². The third-order valence-electron chi connectivity index (χ3n) is 7.65. The van der Waals surface area contributed by atoms with E-state index in [-0.39, 0.29) is 0 Å². The summed E-state index contributed by atoms with van der Waals surface area (Å²) in [6, 6.07) is 15.5. The number of aromatic nitrogens is 3. The molecule has 2 unspecified atom stereocenters. The van der Waals surface area contributed by atoms with E-state index in [1.807, 2.05) is 16.9 Å². The van der Waals surface area contributed by atoms with Crippen molar-refractivity contribution in [3.8, 4) is 22.7 Å². The van der Waals surface area contributed by atoms with Crippen LogP contribution in [0.3, 0.4) is 0 Å². The van der Waals surface area contributed by atoms with Gasteiger partial charge >= 0.3 is 0 Å². The zero-order chi connectivity index (χ0) is 21.1. The molecule has 3 aromatic rings. The van der Waals surface area contributed by atoms with E-state index in [0.29, 0.717) is 30.8 Å². The summed E-state index contributed by atoms with van der Waals surface area (Å²) in [5.74, 6) is 1.88. The van der Waals surface area contributed by atoms with Crippen LogP contribution in [0.1, 0.15) is 50.5 Å². The molecule has 2 saturated heterocycles. The van der Waals surface area contributed by atoms with Crippen molar-refractivity contribution in [3.63, 3.8) is 0 Å². The van der Waals surface area contributed by atoms with Gasteiger partial charge in [-0.15, -0.1) is 0 Å². The first-order valence-electron chi connectivity index (χ1n) is 12.1. The van der Waals surface area contributed by atoms with Gasteiger partial charge in [-0.1, -0.05) is 12.5 Å². The molecule has 4 aliphatic rings. The lowest BCUT2D eigenvalue weighted by Gasteiger charge is -2.45. The number of nitrogens with zero attached hydrogens (tertiary/aromatic N) is 4. The van der Waals surface area contributed by atoms with E-state index in [1.165, 1.54) is 56.1 Å². The number of fused-ring (bicyclic) bond motifs is 5. The molecule has 7 rings (SSSR count). The predicted molar refractivity (Wildman–Crippen MR) is 124 cm³/mol. The molecule has 1 aromatic carbocycles. The average molecular weight is 428 g/mol. The van der Waals surface area contributed by atoms with Gasteiger partial charge in [0.05, 0.1) is 5.69 Å². The smallest absolute Gasteiger partial charge is 0.223 e. The first-order chi connectivity index (χ1) is 15.8. The van der Waals surface area contributed by atoms with Crippen LogP contribution in [-0.4, -0.2) is 38.9 Å². The Morgan fingerprint density at radius 3 is 2.59 bits per heavy atom. The summed E-state index contributed by atoms with van der Waals surface area (Å²) in [6.45, 7) is 0.550. The monoisotopic (exact) mass is 427 g/mol. The molecule has 32 heavy (non-hydrogen) atoms. The fourth-order valence-corrected chi connectivity index (χ4v) is 6.05. The van der Waals surface area contributed by atoms with Crippen LogP contribution in [0, 0.1) is 0 Å². The predicted octanol–water partition coefficient (Wildman–Crippen LogP) is 4.47. The SMILES string of the molecule is c1cnn(-c2ccc3c(c2)COc2nc(N(C4CC4)C4CC5CCCC(C4)N5)ccc2-3)c1. The summed E-state index contributed by atoms with van der Waals surface area (Å²) in [5, 5.41) is 8.20. The summed E-state index contributed by atoms with van der Waals surface area (Å²) in [5.41, 5.74) is 4.56. The molecule has 2 bridgehead atoms. The maximum atomic E-state index is 6.20. The van der Waals surface area contributed by atoms with Crippen LogP contribution in [0.2, 0.25) is 0 Å². The molecule has 0 spiro atoms. The van der Waals surface area contributed by atoms with Crippen molar-refractivity contribution in [2.24, 2.45) is 0 Å². The number of piperidine rings is 2. The molecule has 0 amide bonds. The van der Waals surface area contributed by atoms with Gasteiger partial charge in [-0.05, 0) is 80.0 Å². The van der Waals surface area contributed by atoms with Gasteiger partial charge in [0.1, 0.15) is 12.4 Å². The lowest BCUT2D eigenvalue weighted by Crippen LogP contribution is -2.55. The van der Waals surface area contributed by atoms with Crippen molar-refractivity contribution >= 4 is 5.82 Å². The summed E-state index contributed by atoms with van der Waals surface area (Å²) in [6.07, 6.45) is 12.9. The molecule has 2 atom stereocenters. The molecule has 6 heteroatoms. The molecular weight excluding hydrogens is 398 g/mol. The fourth-order valence-electron chi connectivity index (χ4n) is 6.05. The number of pyridine rings is 1. The third-order valence-corrected chi connectivity index (χ3v) is 7.65. The summed E-state index contributed by atoms with van der Waals surface area (Å²) >= 11 is 0. The summed E-state index contributed by atoms with van der Waals surface area (Å²) < 4.78 is 8.08. The first-order valence-corrected chi connectivity index (χ1v) is 12.1. The fraction of sp³-hybridized carbons (Fsp3) is 0.462. The Kier molecular flexibility index (Phi) is 4.29. The highest BCUT2D eigenvalue weighted by Crippen LogP contribution is 2.42. The summed E-state index contributed by atoms with van der Waals surface area (Å²) in [4.78, 5) is 7.73. The van der Waals surface area contributed by atoms with Crippen LogP contribution in [-0.2, 0) is 6.61 Å². The highest BCUT2D eigenvalue weighted by Gasteiger charge is 2.40. The lowest BCUT2D eigenvalue weighted by molar-refractivity contribution is 0.215. The normalized spacial score (nSPS) is 26.1. The van der Waals surface area contributed by atoms with Crippen molar-refractivity contribution in [2.75, 3.05) is 4.90 Å². The third kappa shape index (κ3) is 3.20. The van der Waals surface area contributed by atoms with E-state index in [2.05, 4.69) is 45.6 Å². The van der Waals surface area contributed by atoms with E-state index < -0.39 is 0 Å². The molecular formula is C26H29N5O. The van der Waals surface area contributed by atoms with Gasteiger partial charge in [0.2, 0.25) is 5.88 Å². The van der Waals surface area contributed by atoms with Crippen LogP contribution in [0.4, 0.5) is 5.82 Å². The second kappa shape index (κ2) is 7.34. The Morgan fingerprint density at radius 1 is 0.969 bits per heavy atom. The zero-order valence-corrected chi connectivity index (χ0v) is 18.3. The number of rotatable bonds is 4. The Morgan fingerprint density at radius 2 is 1.81 bits per heavy atom. The Hall–Kier alpha value is -2.86. The maximum absolute atomic E-state index is 6.20. The molecule has 1 saturated carbocycles. The van der Waals surface area contributed by atoms with E-state index >= 15 is 0 Å². The number of anilines is 1.